The van der Waals surface area contributed by atoms with E-state index >= 15 is 0 Å². The van der Waals surface area contributed by atoms with Gasteiger partial charge in [-0.15, -0.1) is 0 Å². The summed E-state index contributed by atoms with van der Waals surface area (Å²) < 4.78 is 10.6. The van der Waals surface area contributed by atoms with Crippen LogP contribution in [0.2, 0.25) is 0 Å². The number of carbonyl (C=O) groups excluding carboxylic acids is 1. The van der Waals surface area contributed by atoms with Gasteiger partial charge in [0, 0.05) is 17.6 Å². The van der Waals surface area contributed by atoms with E-state index in [2.05, 4.69) is 36.1 Å². The van der Waals surface area contributed by atoms with Crippen LogP contribution in [0.4, 0.5) is 0 Å². The van der Waals surface area contributed by atoms with E-state index in [0.29, 0.717) is 12.6 Å². The Morgan fingerprint density at radius 3 is 2.78 bits per heavy atom. The van der Waals surface area contributed by atoms with Crippen LogP contribution in [0.25, 0.3) is 0 Å². The van der Waals surface area contributed by atoms with Gasteiger partial charge in [-0.05, 0) is 49.8 Å². The molecule has 1 N–H and O–H groups in total. The molecule has 0 radical (unpaired) electrons. The summed E-state index contributed by atoms with van der Waals surface area (Å²) in [7, 11) is 1.36. The number of fused-ring (bicyclic) bond motifs is 1. The van der Waals surface area contributed by atoms with Crippen LogP contribution in [0, 0.1) is 6.92 Å². The number of nitrogens with zero attached hydrogens (tertiary/aromatic N) is 1. The van der Waals surface area contributed by atoms with Gasteiger partial charge in [-0.3, -0.25) is 4.90 Å². The number of carbonyl (C=O) groups is 1. The Morgan fingerprint density at radius 1 is 1.37 bits per heavy atom. The first-order valence-corrected chi connectivity index (χ1v) is 9.68. The van der Waals surface area contributed by atoms with Gasteiger partial charge >= 0.3 is 5.97 Å². The second kappa shape index (κ2) is 8.72. The highest BCUT2D eigenvalue weighted by Crippen LogP contribution is 2.28. The molecular formula is C22H29NO4. The zero-order valence-electron chi connectivity index (χ0n) is 16.4. The molecule has 2 aromatic rings. The fourth-order valence-electron chi connectivity index (χ4n) is 4.09. The fourth-order valence-corrected chi connectivity index (χ4v) is 4.09. The highest BCUT2D eigenvalue weighted by Gasteiger charge is 2.30. The average Bonchev–Trinajstić information content (AvgIpc) is 3.07. The van der Waals surface area contributed by atoms with Crippen LogP contribution >= 0.6 is 0 Å². The van der Waals surface area contributed by atoms with Crippen molar-refractivity contribution in [2.45, 2.75) is 58.2 Å². The third-order valence-corrected chi connectivity index (χ3v) is 5.62. The topological polar surface area (TPSA) is 62.9 Å². The van der Waals surface area contributed by atoms with Crippen molar-refractivity contribution < 1.29 is 19.1 Å². The number of aliphatic hydroxyl groups excluding tert-OH is 1. The Labute approximate surface area is 160 Å². The summed E-state index contributed by atoms with van der Waals surface area (Å²) in [6, 6.07) is 10.9. The van der Waals surface area contributed by atoms with Gasteiger partial charge in [0.1, 0.15) is 5.76 Å². The van der Waals surface area contributed by atoms with Gasteiger partial charge in [-0.25, -0.2) is 4.79 Å². The number of hydrogen-bond acceptors (Lipinski definition) is 5. The first-order valence-electron chi connectivity index (χ1n) is 9.68. The molecule has 1 aliphatic carbocycles. The van der Waals surface area contributed by atoms with E-state index in [9.17, 15) is 9.90 Å². The van der Waals surface area contributed by atoms with Crippen molar-refractivity contribution in [1.82, 2.24) is 4.90 Å². The van der Waals surface area contributed by atoms with Gasteiger partial charge in [-0.2, -0.15) is 0 Å². The Morgan fingerprint density at radius 2 is 2.11 bits per heavy atom. The quantitative estimate of drug-likeness (QED) is 0.755. The van der Waals surface area contributed by atoms with E-state index in [-0.39, 0.29) is 18.4 Å². The Hall–Kier alpha value is -2.11. The van der Waals surface area contributed by atoms with Crippen molar-refractivity contribution in [3.05, 3.63) is 58.5 Å². The third-order valence-electron chi connectivity index (χ3n) is 5.62. The smallest absolute Gasteiger partial charge is 0.374 e. The maximum Gasteiger partial charge on any atom is 0.374 e. The first-order chi connectivity index (χ1) is 13.1. The summed E-state index contributed by atoms with van der Waals surface area (Å²) in [5.41, 5.74) is 3.59. The number of aryl methyl sites for hydroxylation is 2. The molecule has 5 heteroatoms. The molecule has 0 bridgehead atoms. The lowest BCUT2D eigenvalue weighted by Crippen LogP contribution is -2.46. The fraction of sp³-hybridized carbons (Fsp3) is 0.500. The van der Waals surface area contributed by atoms with Crippen LogP contribution in [0.15, 0.2) is 34.7 Å². The molecule has 0 saturated heterocycles. The monoisotopic (exact) mass is 371 g/mol. The van der Waals surface area contributed by atoms with Gasteiger partial charge in [0.15, 0.2) is 0 Å². The van der Waals surface area contributed by atoms with E-state index in [1.807, 2.05) is 13.0 Å². The Bertz CT molecular complexity index is 778. The minimum Gasteiger partial charge on any atom is -0.463 e. The van der Waals surface area contributed by atoms with Crippen LogP contribution in [-0.2, 0) is 24.1 Å². The predicted octanol–water partition coefficient (Wildman–Crippen LogP) is 3.51. The third kappa shape index (κ3) is 4.25. The second-order valence-electron chi connectivity index (χ2n) is 7.30. The number of benzene rings is 1. The number of hydrogen-bond donors (Lipinski definition) is 1. The summed E-state index contributed by atoms with van der Waals surface area (Å²) in [4.78, 5) is 14.2. The molecular weight excluding hydrogens is 342 g/mol. The first kappa shape index (κ1) is 19.6. The number of rotatable bonds is 7. The van der Waals surface area contributed by atoms with Crippen molar-refractivity contribution in [2.75, 3.05) is 13.7 Å². The van der Waals surface area contributed by atoms with Crippen molar-refractivity contribution >= 4 is 5.97 Å². The van der Waals surface area contributed by atoms with Gasteiger partial charge in [0.2, 0.25) is 5.76 Å². The lowest BCUT2D eigenvalue weighted by Gasteiger charge is -2.39. The molecule has 146 valence electrons. The molecule has 1 heterocycles. The lowest BCUT2D eigenvalue weighted by atomic mass is 9.86. The molecule has 1 aromatic carbocycles. The second-order valence-corrected chi connectivity index (χ2v) is 7.30. The van der Waals surface area contributed by atoms with E-state index in [0.717, 1.165) is 37.0 Å². The zero-order chi connectivity index (χ0) is 19.4. The molecule has 27 heavy (non-hydrogen) atoms. The SMILES string of the molecule is CC[C@@H](CO)N(Cc1cc(C)c(C(=O)OC)o1)[C@H]1CCc2ccccc2C1. The molecule has 0 aliphatic heterocycles. The van der Waals surface area contributed by atoms with E-state index in [4.69, 9.17) is 9.15 Å². The molecule has 2 atom stereocenters. The Kier molecular flexibility index (Phi) is 6.34. The Balaban J connectivity index is 1.84. The van der Waals surface area contributed by atoms with Crippen LogP contribution in [-0.4, -0.2) is 41.8 Å². The minimum absolute atomic E-state index is 0.0623. The van der Waals surface area contributed by atoms with E-state index in [1.54, 1.807) is 0 Å². The number of esters is 1. The largest absolute Gasteiger partial charge is 0.463 e. The highest BCUT2D eigenvalue weighted by atomic mass is 16.5. The van der Waals surface area contributed by atoms with Crippen molar-refractivity contribution in [3.63, 3.8) is 0 Å². The van der Waals surface area contributed by atoms with Crippen LogP contribution in [0.1, 0.15) is 52.8 Å². The minimum atomic E-state index is -0.453. The summed E-state index contributed by atoms with van der Waals surface area (Å²) >= 11 is 0. The summed E-state index contributed by atoms with van der Waals surface area (Å²) in [5.74, 6) is 0.545. The van der Waals surface area contributed by atoms with Crippen molar-refractivity contribution in [2.24, 2.45) is 0 Å². The molecule has 5 nitrogen and oxygen atoms in total. The van der Waals surface area contributed by atoms with Crippen LogP contribution in [0.5, 0.6) is 0 Å². The molecule has 1 aliphatic rings. The molecule has 1 aromatic heterocycles. The number of furan rings is 1. The lowest BCUT2D eigenvalue weighted by molar-refractivity contribution is 0.0521. The summed E-state index contributed by atoms with van der Waals surface area (Å²) in [6.07, 6.45) is 3.93. The summed E-state index contributed by atoms with van der Waals surface area (Å²) in [5, 5.41) is 9.94. The van der Waals surface area contributed by atoms with Gasteiger partial charge in [0.25, 0.3) is 0 Å². The standard InChI is InChI=1S/C22H29NO4/c1-4-18(14-24)23(13-20-11-15(2)21(27-20)22(25)26-3)19-10-9-16-7-5-6-8-17(16)12-19/h5-8,11,18-19,24H,4,9-10,12-14H2,1-3H3/t18-,19-/m0/s1. The van der Waals surface area contributed by atoms with Gasteiger partial charge in [-0.1, -0.05) is 31.2 Å². The van der Waals surface area contributed by atoms with Gasteiger partial charge < -0.3 is 14.3 Å². The molecule has 0 spiro atoms. The number of ether oxygens (including phenoxy) is 1. The van der Waals surface area contributed by atoms with Crippen LogP contribution in [0.3, 0.4) is 0 Å². The molecule has 0 unspecified atom stereocenters. The van der Waals surface area contributed by atoms with Gasteiger partial charge in [0.05, 0.1) is 20.3 Å². The maximum atomic E-state index is 11.8. The number of methoxy groups -OCH3 is 1. The molecule has 0 fully saturated rings. The van der Waals surface area contributed by atoms with Crippen molar-refractivity contribution in [3.8, 4) is 0 Å². The maximum absolute atomic E-state index is 11.8. The highest BCUT2D eigenvalue weighted by molar-refractivity contribution is 5.87. The van der Waals surface area contributed by atoms with E-state index < -0.39 is 5.97 Å². The normalized spacial score (nSPS) is 17.6. The average molecular weight is 371 g/mol. The molecule has 0 amide bonds. The number of aliphatic hydroxyl groups is 1. The summed E-state index contributed by atoms with van der Waals surface area (Å²) in [6.45, 7) is 4.63. The zero-order valence-corrected chi connectivity index (χ0v) is 16.4. The predicted molar refractivity (Wildman–Crippen MR) is 104 cm³/mol. The molecule has 3 rings (SSSR count). The molecule has 0 saturated carbocycles. The van der Waals surface area contributed by atoms with E-state index in [1.165, 1.54) is 18.2 Å². The van der Waals surface area contributed by atoms with Crippen molar-refractivity contribution in [1.29, 1.82) is 0 Å². The van der Waals surface area contributed by atoms with Crippen LogP contribution < -0.4 is 0 Å².